The third-order valence-electron chi connectivity index (χ3n) is 2.89. The number of carbonyl (C=O) groups is 1. The van der Waals surface area contributed by atoms with Gasteiger partial charge in [0.05, 0.1) is 0 Å². The highest BCUT2D eigenvalue weighted by Gasteiger charge is 2.21. The Labute approximate surface area is 89.1 Å². The van der Waals surface area contributed by atoms with Crippen molar-refractivity contribution < 1.29 is 4.79 Å². The third-order valence-corrected chi connectivity index (χ3v) is 3.23. The number of benzene rings is 1. The van der Waals surface area contributed by atoms with Crippen molar-refractivity contribution in [2.75, 3.05) is 0 Å². The first kappa shape index (κ1) is 9.72. The molecule has 2 heteroatoms. The highest BCUT2D eigenvalue weighted by atomic mass is 35.5. The van der Waals surface area contributed by atoms with Crippen LogP contribution >= 0.6 is 11.6 Å². The van der Waals surface area contributed by atoms with Crippen molar-refractivity contribution in [3.05, 3.63) is 34.9 Å². The van der Waals surface area contributed by atoms with E-state index >= 15 is 0 Å². The number of hydrogen-bond donors (Lipinski definition) is 0. The smallest absolute Gasteiger partial charge is 0.132 e. The van der Waals surface area contributed by atoms with Crippen molar-refractivity contribution in [3.63, 3.8) is 0 Å². The van der Waals surface area contributed by atoms with Crippen molar-refractivity contribution >= 4 is 17.4 Å². The van der Waals surface area contributed by atoms with Gasteiger partial charge in [0.1, 0.15) is 5.78 Å². The van der Waals surface area contributed by atoms with Gasteiger partial charge in [-0.25, -0.2) is 0 Å². The van der Waals surface area contributed by atoms with Gasteiger partial charge in [-0.3, -0.25) is 4.79 Å². The predicted molar refractivity (Wildman–Crippen MR) is 57.7 cm³/mol. The van der Waals surface area contributed by atoms with E-state index < -0.39 is 0 Å². The highest BCUT2D eigenvalue weighted by Crippen LogP contribution is 2.34. The van der Waals surface area contributed by atoms with Crippen LogP contribution in [0.5, 0.6) is 0 Å². The molecule has 1 fully saturated rings. The van der Waals surface area contributed by atoms with Crippen molar-refractivity contribution in [1.29, 1.82) is 0 Å². The number of carbonyl (C=O) groups excluding carboxylic acids is 1. The molecule has 0 N–H and O–H groups in total. The first-order chi connectivity index (χ1) is 6.77. The second-order valence-corrected chi connectivity index (χ2v) is 4.24. The minimum atomic E-state index is 0.397. The summed E-state index contributed by atoms with van der Waals surface area (Å²) >= 11 is 6.11. The van der Waals surface area contributed by atoms with Crippen LogP contribution in [0.3, 0.4) is 0 Å². The lowest BCUT2D eigenvalue weighted by Crippen LogP contribution is -2.12. The molecule has 0 radical (unpaired) electrons. The largest absolute Gasteiger partial charge is 0.300 e. The standard InChI is InChI=1S/C12H13ClO/c13-12-4-2-1-3-11(12)9-5-7-10(14)8-6-9/h1-4,9H,5-8H2. The fourth-order valence-electron chi connectivity index (χ4n) is 2.06. The summed E-state index contributed by atoms with van der Waals surface area (Å²) in [5.74, 6) is 0.884. The molecule has 1 aromatic carbocycles. The van der Waals surface area contributed by atoms with E-state index in [4.69, 9.17) is 11.6 Å². The van der Waals surface area contributed by atoms with E-state index in [0.29, 0.717) is 11.7 Å². The van der Waals surface area contributed by atoms with E-state index in [1.165, 1.54) is 5.56 Å². The van der Waals surface area contributed by atoms with Crippen LogP contribution < -0.4 is 0 Å². The zero-order chi connectivity index (χ0) is 9.97. The Balaban J connectivity index is 2.16. The maximum Gasteiger partial charge on any atom is 0.132 e. The fourth-order valence-corrected chi connectivity index (χ4v) is 2.35. The SMILES string of the molecule is O=C1CCC(c2ccccc2Cl)CC1. The Kier molecular flexibility index (Phi) is 2.87. The molecule has 0 saturated heterocycles. The average molecular weight is 209 g/mol. The summed E-state index contributed by atoms with van der Waals surface area (Å²) in [6, 6.07) is 7.95. The molecular formula is C12H13ClO. The molecule has 1 aliphatic rings. The van der Waals surface area contributed by atoms with Crippen LogP contribution in [0, 0.1) is 0 Å². The van der Waals surface area contributed by atoms with Gasteiger partial charge in [0, 0.05) is 17.9 Å². The van der Waals surface area contributed by atoms with Gasteiger partial charge in [-0.15, -0.1) is 0 Å². The lowest BCUT2D eigenvalue weighted by Gasteiger charge is -2.22. The van der Waals surface area contributed by atoms with Gasteiger partial charge in [0.2, 0.25) is 0 Å². The molecule has 0 aliphatic heterocycles. The number of hydrogen-bond acceptors (Lipinski definition) is 1. The van der Waals surface area contributed by atoms with Crippen LogP contribution in [0.4, 0.5) is 0 Å². The number of rotatable bonds is 1. The Hall–Kier alpha value is -0.820. The van der Waals surface area contributed by atoms with Crippen molar-refractivity contribution in [2.24, 2.45) is 0 Å². The molecule has 0 heterocycles. The normalized spacial score (nSPS) is 18.5. The van der Waals surface area contributed by atoms with Gasteiger partial charge >= 0.3 is 0 Å². The van der Waals surface area contributed by atoms with Crippen LogP contribution in [0.2, 0.25) is 5.02 Å². The van der Waals surface area contributed by atoms with E-state index in [1.807, 2.05) is 18.2 Å². The molecule has 1 saturated carbocycles. The van der Waals surface area contributed by atoms with Crippen LogP contribution in [-0.4, -0.2) is 5.78 Å². The minimum absolute atomic E-state index is 0.397. The molecule has 14 heavy (non-hydrogen) atoms. The molecule has 1 nitrogen and oxygen atoms in total. The monoisotopic (exact) mass is 208 g/mol. The van der Waals surface area contributed by atoms with E-state index in [0.717, 1.165) is 30.7 Å². The lowest BCUT2D eigenvalue weighted by atomic mass is 9.83. The lowest BCUT2D eigenvalue weighted by molar-refractivity contribution is -0.120. The first-order valence-corrected chi connectivity index (χ1v) is 5.41. The van der Waals surface area contributed by atoms with Crippen LogP contribution in [0.15, 0.2) is 24.3 Å². The summed E-state index contributed by atoms with van der Waals surface area (Å²) in [6.45, 7) is 0. The van der Waals surface area contributed by atoms with Gasteiger partial charge in [-0.1, -0.05) is 29.8 Å². The zero-order valence-electron chi connectivity index (χ0n) is 8.00. The van der Waals surface area contributed by atoms with Crippen molar-refractivity contribution in [1.82, 2.24) is 0 Å². The van der Waals surface area contributed by atoms with E-state index in [9.17, 15) is 4.79 Å². The average Bonchev–Trinajstić information content (AvgIpc) is 2.20. The van der Waals surface area contributed by atoms with Crippen LogP contribution in [0.1, 0.15) is 37.2 Å². The summed E-state index contributed by atoms with van der Waals surface area (Å²) in [6.07, 6.45) is 3.36. The molecular weight excluding hydrogens is 196 g/mol. The summed E-state index contributed by atoms with van der Waals surface area (Å²) in [7, 11) is 0. The highest BCUT2D eigenvalue weighted by molar-refractivity contribution is 6.31. The Morgan fingerprint density at radius 3 is 2.43 bits per heavy atom. The summed E-state index contributed by atoms with van der Waals surface area (Å²) in [5, 5.41) is 0.840. The van der Waals surface area contributed by atoms with E-state index in [-0.39, 0.29) is 0 Å². The number of halogens is 1. The Morgan fingerprint density at radius 1 is 1.14 bits per heavy atom. The molecule has 0 aromatic heterocycles. The molecule has 0 atom stereocenters. The fraction of sp³-hybridized carbons (Fsp3) is 0.417. The third kappa shape index (κ3) is 1.98. The maximum atomic E-state index is 11.1. The van der Waals surface area contributed by atoms with Gasteiger partial charge in [-0.05, 0) is 30.4 Å². The summed E-state index contributed by atoms with van der Waals surface area (Å²) in [5.41, 5.74) is 1.21. The van der Waals surface area contributed by atoms with E-state index in [2.05, 4.69) is 6.07 Å². The second kappa shape index (κ2) is 4.14. The number of Topliss-reactive ketones (excluding diaryl/α,β-unsaturated/α-hetero) is 1. The molecule has 0 unspecified atom stereocenters. The van der Waals surface area contributed by atoms with Gasteiger partial charge < -0.3 is 0 Å². The molecule has 1 aromatic rings. The summed E-state index contributed by atoms with van der Waals surface area (Å²) in [4.78, 5) is 11.1. The minimum Gasteiger partial charge on any atom is -0.300 e. The van der Waals surface area contributed by atoms with Crippen molar-refractivity contribution in [2.45, 2.75) is 31.6 Å². The predicted octanol–water partition coefficient (Wildman–Crippen LogP) is 3.57. The maximum absolute atomic E-state index is 11.1. The van der Waals surface area contributed by atoms with Crippen LogP contribution in [0.25, 0.3) is 0 Å². The topological polar surface area (TPSA) is 17.1 Å². The molecule has 74 valence electrons. The first-order valence-electron chi connectivity index (χ1n) is 5.03. The quantitative estimate of drug-likeness (QED) is 0.690. The van der Waals surface area contributed by atoms with Gasteiger partial charge in [0.15, 0.2) is 0 Å². The second-order valence-electron chi connectivity index (χ2n) is 3.83. The molecule has 2 rings (SSSR count). The van der Waals surface area contributed by atoms with E-state index in [1.54, 1.807) is 0 Å². The van der Waals surface area contributed by atoms with Crippen LogP contribution in [-0.2, 0) is 4.79 Å². The zero-order valence-corrected chi connectivity index (χ0v) is 8.76. The Bertz CT molecular complexity index is 336. The molecule has 0 amide bonds. The molecule has 0 bridgehead atoms. The number of ketones is 1. The Morgan fingerprint density at radius 2 is 1.79 bits per heavy atom. The molecule has 0 spiro atoms. The van der Waals surface area contributed by atoms with Gasteiger partial charge in [-0.2, -0.15) is 0 Å². The summed E-state index contributed by atoms with van der Waals surface area (Å²) < 4.78 is 0. The van der Waals surface area contributed by atoms with Crippen molar-refractivity contribution in [3.8, 4) is 0 Å². The molecule has 1 aliphatic carbocycles. The van der Waals surface area contributed by atoms with Gasteiger partial charge in [0.25, 0.3) is 0 Å².